The van der Waals surface area contributed by atoms with Crippen molar-refractivity contribution >= 4 is 16.8 Å². The molecule has 0 spiro atoms. The minimum absolute atomic E-state index is 0.0305. The van der Waals surface area contributed by atoms with Crippen molar-refractivity contribution in [3.63, 3.8) is 0 Å². The van der Waals surface area contributed by atoms with E-state index < -0.39 is 0 Å². The summed E-state index contributed by atoms with van der Waals surface area (Å²) in [5, 5.41) is 4.04. The van der Waals surface area contributed by atoms with Crippen molar-refractivity contribution in [1.29, 1.82) is 0 Å². The first-order valence-electron chi connectivity index (χ1n) is 6.42. The molecule has 0 saturated heterocycles. The van der Waals surface area contributed by atoms with Crippen LogP contribution >= 0.6 is 0 Å². The quantitative estimate of drug-likeness (QED) is 0.854. The highest BCUT2D eigenvalue weighted by atomic mass is 16.1. The van der Waals surface area contributed by atoms with Gasteiger partial charge in [0, 0.05) is 29.2 Å². The maximum absolute atomic E-state index is 12.2. The van der Waals surface area contributed by atoms with Crippen LogP contribution in [-0.2, 0) is 0 Å². The predicted molar refractivity (Wildman–Crippen MR) is 72.5 cm³/mol. The van der Waals surface area contributed by atoms with Crippen LogP contribution in [0.3, 0.4) is 0 Å². The Morgan fingerprint density at radius 2 is 2.22 bits per heavy atom. The van der Waals surface area contributed by atoms with Crippen LogP contribution < -0.4 is 5.32 Å². The van der Waals surface area contributed by atoms with E-state index in [1.54, 1.807) is 0 Å². The number of fused-ring (bicyclic) bond motifs is 1. The molecule has 1 amide bonds. The smallest absolute Gasteiger partial charge is 0.251 e. The molecule has 1 aliphatic rings. The molecular weight excluding hydrogens is 224 g/mol. The molecule has 1 aliphatic carbocycles. The second-order valence-electron chi connectivity index (χ2n) is 5.84. The van der Waals surface area contributed by atoms with E-state index in [-0.39, 0.29) is 5.91 Å². The van der Waals surface area contributed by atoms with Crippen molar-refractivity contribution in [1.82, 2.24) is 10.3 Å². The van der Waals surface area contributed by atoms with Gasteiger partial charge in [0.25, 0.3) is 5.91 Å². The minimum Gasteiger partial charge on any atom is -0.361 e. The van der Waals surface area contributed by atoms with E-state index in [9.17, 15) is 4.79 Å². The van der Waals surface area contributed by atoms with Gasteiger partial charge in [-0.2, -0.15) is 0 Å². The molecule has 1 aromatic heterocycles. The van der Waals surface area contributed by atoms with Crippen LogP contribution in [0.15, 0.2) is 30.5 Å². The van der Waals surface area contributed by atoms with E-state index in [2.05, 4.69) is 24.1 Å². The molecule has 1 unspecified atom stereocenters. The molecule has 18 heavy (non-hydrogen) atoms. The van der Waals surface area contributed by atoms with Crippen molar-refractivity contribution in [3.8, 4) is 0 Å². The molecule has 1 heterocycles. The van der Waals surface area contributed by atoms with Gasteiger partial charge in [0.1, 0.15) is 0 Å². The van der Waals surface area contributed by atoms with Crippen LogP contribution in [0.25, 0.3) is 10.9 Å². The topological polar surface area (TPSA) is 44.9 Å². The number of amides is 1. The Kier molecular flexibility index (Phi) is 2.44. The van der Waals surface area contributed by atoms with Gasteiger partial charge in [-0.15, -0.1) is 0 Å². The van der Waals surface area contributed by atoms with E-state index >= 15 is 0 Å². The third-order valence-corrected chi connectivity index (χ3v) is 4.07. The minimum atomic E-state index is 0.0305. The Balaban J connectivity index is 1.74. The van der Waals surface area contributed by atoms with Crippen LogP contribution in [0.1, 0.15) is 30.6 Å². The summed E-state index contributed by atoms with van der Waals surface area (Å²) in [5.74, 6) is 0.662. The first-order valence-corrected chi connectivity index (χ1v) is 6.42. The fourth-order valence-corrected chi connectivity index (χ4v) is 2.52. The maximum Gasteiger partial charge on any atom is 0.251 e. The van der Waals surface area contributed by atoms with Gasteiger partial charge in [-0.05, 0) is 36.0 Å². The lowest BCUT2D eigenvalue weighted by Crippen LogP contribution is -2.26. The molecule has 2 N–H and O–H groups in total. The Morgan fingerprint density at radius 1 is 1.44 bits per heavy atom. The Hall–Kier alpha value is -1.77. The highest BCUT2D eigenvalue weighted by Crippen LogP contribution is 2.50. The summed E-state index contributed by atoms with van der Waals surface area (Å²) < 4.78 is 0. The van der Waals surface area contributed by atoms with Crippen LogP contribution in [0.2, 0.25) is 0 Å². The molecule has 3 heteroatoms. The number of nitrogens with one attached hydrogen (secondary N) is 2. The normalized spacial score (nSPS) is 20.9. The van der Waals surface area contributed by atoms with Gasteiger partial charge in [-0.25, -0.2) is 0 Å². The second kappa shape index (κ2) is 3.87. The highest BCUT2D eigenvalue weighted by Gasteiger charge is 2.45. The van der Waals surface area contributed by atoms with Crippen molar-refractivity contribution in [2.24, 2.45) is 11.3 Å². The molecule has 0 aliphatic heterocycles. The second-order valence-corrected chi connectivity index (χ2v) is 5.84. The summed E-state index contributed by atoms with van der Waals surface area (Å²) in [7, 11) is 0. The standard InChI is InChI=1S/C15H18N2O/c1-15(2)8-10(15)9-17-14(18)12-4-3-5-13-11(12)6-7-16-13/h3-7,10,16H,8-9H2,1-2H3,(H,17,18). The van der Waals surface area contributed by atoms with Crippen LogP contribution in [0.4, 0.5) is 0 Å². The number of aromatic amines is 1. The fourth-order valence-electron chi connectivity index (χ4n) is 2.52. The largest absolute Gasteiger partial charge is 0.361 e. The monoisotopic (exact) mass is 242 g/mol. The molecule has 1 fully saturated rings. The van der Waals surface area contributed by atoms with Crippen LogP contribution in [-0.4, -0.2) is 17.4 Å². The Bertz CT molecular complexity index is 597. The van der Waals surface area contributed by atoms with E-state index in [4.69, 9.17) is 0 Å². The predicted octanol–water partition coefficient (Wildman–Crippen LogP) is 2.94. The van der Waals surface area contributed by atoms with E-state index in [0.29, 0.717) is 11.3 Å². The third kappa shape index (κ3) is 1.90. The summed E-state index contributed by atoms with van der Waals surface area (Å²) in [4.78, 5) is 15.3. The zero-order valence-electron chi connectivity index (χ0n) is 10.8. The molecule has 2 aromatic rings. The van der Waals surface area contributed by atoms with Crippen molar-refractivity contribution in [3.05, 3.63) is 36.0 Å². The molecule has 94 valence electrons. The number of aromatic nitrogens is 1. The van der Waals surface area contributed by atoms with E-state index in [1.807, 2.05) is 30.5 Å². The number of carbonyl (C=O) groups excluding carboxylic acids is 1. The van der Waals surface area contributed by atoms with Crippen molar-refractivity contribution in [2.75, 3.05) is 6.54 Å². The van der Waals surface area contributed by atoms with Gasteiger partial charge in [0.05, 0.1) is 0 Å². The summed E-state index contributed by atoms with van der Waals surface area (Å²) in [6.07, 6.45) is 3.08. The zero-order valence-corrected chi connectivity index (χ0v) is 10.8. The number of hydrogen-bond acceptors (Lipinski definition) is 1. The lowest BCUT2D eigenvalue weighted by Gasteiger charge is -2.07. The average Bonchev–Trinajstić information content (AvgIpc) is 2.78. The maximum atomic E-state index is 12.2. The molecule has 0 bridgehead atoms. The summed E-state index contributed by atoms with van der Waals surface area (Å²) in [5.41, 5.74) is 2.18. The number of carbonyl (C=O) groups is 1. The number of benzene rings is 1. The number of hydrogen-bond donors (Lipinski definition) is 2. The van der Waals surface area contributed by atoms with E-state index in [0.717, 1.165) is 23.0 Å². The summed E-state index contributed by atoms with van der Waals surface area (Å²) >= 11 is 0. The summed E-state index contributed by atoms with van der Waals surface area (Å²) in [6, 6.07) is 7.72. The van der Waals surface area contributed by atoms with Gasteiger partial charge >= 0.3 is 0 Å². The molecule has 0 radical (unpaired) electrons. The zero-order chi connectivity index (χ0) is 12.8. The fraction of sp³-hybridized carbons (Fsp3) is 0.400. The molecule has 1 saturated carbocycles. The number of rotatable bonds is 3. The van der Waals surface area contributed by atoms with Gasteiger partial charge in [0.15, 0.2) is 0 Å². The van der Waals surface area contributed by atoms with Gasteiger partial charge in [-0.1, -0.05) is 19.9 Å². The molecular formula is C15H18N2O. The highest BCUT2D eigenvalue weighted by molar-refractivity contribution is 6.06. The first-order chi connectivity index (χ1) is 8.58. The van der Waals surface area contributed by atoms with Crippen LogP contribution in [0.5, 0.6) is 0 Å². The third-order valence-electron chi connectivity index (χ3n) is 4.07. The number of H-pyrrole nitrogens is 1. The van der Waals surface area contributed by atoms with Gasteiger partial charge < -0.3 is 10.3 Å². The van der Waals surface area contributed by atoms with E-state index in [1.165, 1.54) is 6.42 Å². The van der Waals surface area contributed by atoms with Crippen molar-refractivity contribution in [2.45, 2.75) is 20.3 Å². The first kappa shape index (κ1) is 11.3. The Labute approximate surface area is 107 Å². The van der Waals surface area contributed by atoms with Gasteiger partial charge in [-0.3, -0.25) is 4.79 Å². The summed E-state index contributed by atoms with van der Waals surface area (Å²) in [6.45, 7) is 5.28. The lowest BCUT2D eigenvalue weighted by molar-refractivity contribution is 0.0952. The Morgan fingerprint density at radius 3 is 2.94 bits per heavy atom. The average molecular weight is 242 g/mol. The van der Waals surface area contributed by atoms with Crippen LogP contribution in [0, 0.1) is 11.3 Å². The molecule has 3 nitrogen and oxygen atoms in total. The lowest BCUT2D eigenvalue weighted by atomic mass is 10.1. The molecule has 1 aromatic carbocycles. The molecule has 3 rings (SSSR count). The SMILES string of the molecule is CC1(C)CC1CNC(=O)c1cccc2[nH]ccc12. The van der Waals surface area contributed by atoms with Crippen molar-refractivity contribution < 1.29 is 4.79 Å². The molecule has 1 atom stereocenters. The van der Waals surface area contributed by atoms with Gasteiger partial charge in [0.2, 0.25) is 0 Å².